The Bertz CT molecular complexity index is 331. The molecule has 1 aromatic carbocycles. The quantitative estimate of drug-likeness (QED) is 0.845. The van der Waals surface area contributed by atoms with Crippen LogP contribution in [0.1, 0.15) is 18.9 Å². The van der Waals surface area contributed by atoms with Crippen molar-refractivity contribution in [1.82, 2.24) is 5.32 Å². The van der Waals surface area contributed by atoms with Gasteiger partial charge in [-0.2, -0.15) is 0 Å². The number of nitrogens with two attached hydrogens (primary N) is 1. The first-order valence-electron chi connectivity index (χ1n) is 5.48. The molecule has 0 saturated heterocycles. The molecule has 0 fully saturated rings. The minimum absolute atomic E-state index is 0.165. The summed E-state index contributed by atoms with van der Waals surface area (Å²) in [7, 11) is 0. The third-order valence-electron chi connectivity index (χ3n) is 2.48. The van der Waals surface area contributed by atoms with Gasteiger partial charge in [0.1, 0.15) is 5.82 Å². The van der Waals surface area contributed by atoms with E-state index < -0.39 is 0 Å². The maximum Gasteiger partial charge on any atom is 0.127 e. The van der Waals surface area contributed by atoms with Gasteiger partial charge in [-0.25, -0.2) is 4.39 Å². The molecule has 0 bridgehead atoms. The Hall–Kier alpha value is -0.450. The zero-order chi connectivity index (χ0) is 12.0. The normalized spacial score (nSPS) is 12.8. The molecule has 0 heterocycles. The van der Waals surface area contributed by atoms with Crippen molar-refractivity contribution in [1.29, 1.82) is 0 Å². The van der Waals surface area contributed by atoms with Gasteiger partial charge in [0.05, 0.1) is 0 Å². The molecule has 1 unspecified atom stereocenters. The predicted octanol–water partition coefficient (Wildman–Crippen LogP) is 2.66. The van der Waals surface area contributed by atoms with E-state index in [1.807, 2.05) is 0 Å². The molecule has 3 N–H and O–H groups in total. The summed E-state index contributed by atoms with van der Waals surface area (Å²) < 4.78 is 14.3. The van der Waals surface area contributed by atoms with Crippen molar-refractivity contribution in [3.63, 3.8) is 0 Å². The fourth-order valence-electron chi connectivity index (χ4n) is 1.52. The van der Waals surface area contributed by atoms with E-state index in [1.165, 1.54) is 6.07 Å². The molecule has 0 amide bonds. The van der Waals surface area contributed by atoms with Gasteiger partial charge in [-0.05, 0) is 43.6 Å². The number of nitrogens with one attached hydrogen (secondary N) is 1. The van der Waals surface area contributed by atoms with Crippen molar-refractivity contribution < 1.29 is 4.39 Å². The Balaban J connectivity index is 2.39. The second-order valence-corrected chi connectivity index (χ2v) is 4.96. The smallest absolute Gasteiger partial charge is 0.127 e. The van der Waals surface area contributed by atoms with E-state index in [1.54, 1.807) is 12.1 Å². The lowest BCUT2D eigenvalue weighted by Gasteiger charge is -2.11. The van der Waals surface area contributed by atoms with Gasteiger partial charge in [0.15, 0.2) is 0 Å². The Kier molecular flexibility index (Phi) is 5.95. The maximum atomic E-state index is 13.4. The average molecular weight is 289 g/mol. The number of rotatable bonds is 6. The standard InChI is InChI=1S/C12H18BrFN2/c1-9(4-5-15)7-16-8-10-6-11(13)2-3-12(10)14/h2-3,6,9,16H,4-5,7-8,15H2,1H3. The van der Waals surface area contributed by atoms with E-state index in [0.29, 0.717) is 24.6 Å². The Morgan fingerprint density at radius 2 is 2.25 bits per heavy atom. The van der Waals surface area contributed by atoms with Gasteiger partial charge in [0.25, 0.3) is 0 Å². The van der Waals surface area contributed by atoms with Crippen molar-refractivity contribution >= 4 is 15.9 Å². The van der Waals surface area contributed by atoms with Crippen LogP contribution >= 0.6 is 15.9 Å². The van der Waals surface area contributed by atoms with Crippen LogP contribution in [-0.2, 0) is 6.54 Å². The van der Waals surface area contributed by atoms with Crippen molar-refractivity contribution in [3.05, 3.63) is 34.1 Å². The van der Waals surface area contributed by atoms with Gasteiger partial charge in [-0.1, -0.05) is 22.9 Å². The van der Waals surface area contributed by atoms with Crippen molar-refractivity contribution in [2.75, 3.05) is 13.1 Å². The van der Waals surface area contributed by atoms with Crippen LogP contribution in [-0.4, -0.2) is 13.1 Å². The SMILES string of the molecule is CC(CCN)CNCc1cc(Br)ccc1F. The van der Waals surface area contributed by atoms with Gasteiger partial charge in [0, 0.05) is 16.6 Å². The summed E-state index contributed by atoms with van der Waals surface area (Å²) in [6.07, 6.45) is 0.994. The highest BCUT2D eigenvalue weighted by Gasteiger charge is 2.04. The molecular weight excluding hydrogens is 271 g/mol. The van der Waals surface area contributed by atoms with Gasteiger partial charge < -0.3 is 11.1 Å². The summed E-state index contributed by atoms with van der Waals surface area (Å²) >= 11 is 3.33. The zero-order valence-electron chi connectivity index (χ0n) is 9.47. The lowest BCUT2D eigenvalue weighted by atomic mass is 10.1. The third kappa shape index (κ3) is 4.60. The third-order valence-corrected chi connectivity index (χ3v) is 2.97. The number of hydrogen-bond donors (Lipinski definition) is 2. The summed E-state index contributed by atoms with van der Waals surface area (Å²) in [6.45, 7) is 4.26. The van der Waals surface area contributed by atoms with E-state index in [4.69, 9.17) is 5.73 Å². The first-order valence-corrected chi connectivity index (χ1v) is 6.27. The summed E-state index contributed by atoms with van der Waals surface area (Å²) in [5, 5.41) is 3.24. The second-order valence-electron chi connectivity index (χ2n) is 4.05. The van der Waals surface area contributed by atoms with Crippen molar-refractivity contribution in [2.45, 2.75) is 19.9 Å². The summed E-state index contributed by atoms with van der Waals surface area (Å²) in [5.74, 6) is 0.363. The van der Waals surface area contributed by atoms with Gasteiger partial charge in [-0.3, -0.25) is 0 Å². The highest BCUT2D eigenvalue weighted by atomic mass is 79.9. The highest BCUT2D eigenvalue weighted by molar-refractivity contribution is 9.10. The van der Waals surface area contributed by atoms with Crippen LogP contribution in [0.4, 0.5) is 4.39 Å². The van der Waals surface area contributed by atoms with Crippen molar-refractivity contribution in [3.8, 4) is 0 Å². The van der Waals surface area contributed by atoms with Crippen LogP contribution in [0.25, 0.3) is 0 Å². The van der Waals surface area contributed by atoms with Crippen LogP contribution in [0.15, 0.2) is 22.7 Å². The van der Waals surface area contributed by atoms with Crippen LogP contribution in [0, 0.1) is 11.7 Å². The van der Waals surface area contributed by atoms with E-state index >= 15 is 0 Å². The van der Waals surface area contributed by atoms with E-state index in [2.05, 4.69) is 28.2 Å². The molecule has 0 aromatic heterocycles. The fourth-order valence-corrected chi connectivity index (χ4v) is 1.93. The topological polar surface area (TPSA) is 38.0 Å². The fraction of sp³-hybridized carbons (Fsp3) is 0.500. The van der Waals surface area contributed by atoms with Crippen molar-refractivity contribution in [2.24, 2.45) is 11.7 Å². The summed E-state index contributed by atoms with van der Waals surface area (Å²) in [5.41, 5.74) is 6.15. The molecule has 2 nitrogen and oxygen atoms in total. The van der Waals surface area contributed by atoms with E-state index in [-0.39, 0.29) is 5.82 Å². The molecule has 90 valence electrons. The van der Waals surface area contributed by atoms with Crippen LogP contribution < -0.4 is 11.1 Å². The molecule has 16 heavy (non-hydrogen) atoms. The van der Waals surface area contributed by atoms with Gasteiger partial charge in [0.2, 0.25) is 0 Å². The number of hydrogen-bond acceptors (Lipinski definition) is 2. The average Bonchev–Trinajstić information content (AvgIpc) is 2.23. The predicted molar refractivity (Wildman–Crippen MR) is 68.6 cm³/mol. The monoisotopic (exact) mass is 288 g/mol. The van der Waals surface area contributed by atoms with Crippen LogP contribution in [0.3, 0.4) is 0 Å². The second kappa shape index (κ2) is 6.99. The van der Waals surface area contributed by atoms with Gasteiger partial charge in [-0.15, -0.1) is 0 Å². The number of benzene rings is 1. The zero-order valence-corrected chi connectivity index (χ0v) is 11.1. The lowest BCUT2D eigenvalue weighted by Crippen LogP contribution is -2.23. The molecule has 0 aliphatic carbocycles. The molecule has 0 saturated carbocycles. The highest BCUT2D eigenvalue weighted by Crippen LogP contribution is 2.15. The molecule has 0 spiro atoms. The Morgan fingerprint density at radius 3 is 2.94 bits per heavy atom. The molecule has 0 aliphatic heterocycles. The summed E-state index contributed by atoms with van der Waals surface area (Å²) in [6, 6.07) is 4.98. The minimum atomic E-state index is -0.165. The van der Waals surface area contributed by atoms with Crippen LogP contribution in [0.2, 0.25) is 0 Å². The molecule has 4 heteroatoms. The van der Waals surface area contributed by atoms with E-state index in [0.717, 1.165) is 17.4 Å². The van der Waals surface area contributed by atoms with Gasteiger partial charge >= 0.3 is 0 Å². The molecular formula is C12H18BrFN2. The largest absolute Gasteiger partial charge is 0.330 e. The molecule has 0 radical (unpaired) electrons. The first kappa shape index (κ1) is 13.6. The van der Waals surface area contributed by atoms with E-state index in [9.17, 15) is 4.39 Å². The Labute approximate surface area is 105 Å². The minimum Gasteiger partial charge on any atom is -0.330 e. The number of halogens is 2. The lowest BCUT2D eigenvalue weighted by molar-refractivity contribution is 0.480. The first-order chi connectivity index (χ1) is 7.63. The van der Waals surface area contributed by atoms with Crippen LogP contribution in [0.5, 0.6) is 0 Å². The molecule has 1 aromatic rings. The molecule has 1 atom stereocenters. The molecule has 0 aliphatic rings. The maximum absolute atomic E-state index is 13.4. The summed E-state index contributed by atoms with van der Waals surface area (Å²) in [4.78, 5) is 0. The molecule has 1 rings (SSSR count). The Morgan fingerprint density at radius 1 is 1.50 bits per heavy atom.